The number of fused-ring (bicyclic) bond motifs is 3. The van der Waals surface area contributed by atoms with Crippen molar-refractivity contribution in [2.24, 2.45) is 5.92 Å². The smallest absolute Gasteiger partial charge is 0.140 e. The highest BCUT2D eigenvalue weighted by Gasteiger charge is 2.22. The van der Waals surface area contributed by atoms with Crippen LogP contribution in [0.5, 0.6) is 0 Å². The molecule has 0 bridgehead atoms. The van der Waals surface area contributed by atoms with Gasteiger partial charge in [0.15, 0.2) is 0 Å². The molecule has 3 nitrogen and oxygen atoms in total. The highest BCUT2D eigenvalue weighted by Crippen LogP contribution is 2.25. The van der Waals surface area contributed by atoms with Crippen molar-refractivity contribution < 1.29 is 0 Å². The minimum atomic E-state index is 0.717. The molecule has 4 heteroatoms. The molecular weight excluding hydrogens is 302 g/mol. The number of imidazole rings is 1. The van der Waals surface area contributed by atoms with E-state index in [0.717, 1.165) is 29.6 Å². The molecule has 1 aliphatic heterocycles. The van der Waals surface area contributed by atoms with E-state index < -0.39 is 0 Å². The molecule has 0 unspecified atom stereocenters. The summed E-state index contributed by atoms with van der Waals surface area (Å²) in [6, 6.07) is 2.14. The van der Waals surface area contributed by atoms with Crippen LogP contribution in [0.3, 0.4) is 0 Å². The van der Waals surface area contributed by atoms with Crippen molar-refractivity contribution in [2.45, 2.75) is 33.7 Å². The molecule has 0 saturated heterocycles. The number of hydrogen-bond acceptors (Lipinski definition) is 2. The van der Waals surface area contributed by atoms with Crippen LogP contribution in [-0.2, 0) is 13.0 Å². The average molecular weight is 322 g/mol. The van der Waals surface area contributed by atoms with Gasteiger partial charge in [0.05, 0.1) is 11.4 Å². The summed E-state index contributed by atoms with van der Waals surface area (Å²) in [5, 5.41) is 0. The van der Waals surface area contributed by atoms with E-state index in [2.05, 4.69) is 58.3 Å². The van der Waals surface area contributed by atoms with E-state index in [1.807, 2.05) is 0 Å². The van der Waals surface area contributed by atoms with E-state index in [4.69, 9.17) is 4.98 Å². The molecule has 0 radical (unpaired) electrons. The Labute approximate surface area is 122 Å². The Morgan fingerprint density at radius 2 is 2.21 bits per heavy atom. The van der Waals surface area contributed by atoms with Crippen molar-refractivity contribution in [1.82, 2.24) is 14.3 Å². The van der Waals surface area contributed by atoms with E-state index in [1.54, 1.807) is 0 Å². The van der Waals surface area contributed by atoms with Crippen LogP contribution in [0.25, 0.3) is 5.65 Å². The Hall–Kier alpha value is -0.870. The van der Waals surface area contributed by atoms with E-state index >= 15 is 0 Å². The van der Waals surface area contributed by atoms with Crippen molar-refractivity contribution in [2.75, 3.05) is 13.1 Å². The molecule has 102 valence electrons. The van der Waals surface area contributed by atoms with Crippen molar-refractivity contribution in [1.29, 1.82) is 0 Å². The topological polar surface area (TPSA) is 20.5 Å². The van der Waals surface area contributed by atoms with E-state index in [1.165, 1.54) is 23.5 Å². The summed E-state index contributed by atoms with van der Waals surface area (Å²) in [5.41, 5.74) is 4.99. The Bertz CT molecular complexity index is 615. The summed E-state index contributed by atoms with van der Waals surface area (Å²) in [7, 11) is 0. The fourth-order valence-corrected chi connectivity index (χ4v) is 3.51. The van der Waals surface area contributed by atoms with Gasteiger partial charge in [0.1, 0.15) is 5.65 Å². The second-order valence-electron chi connectivity index (χ2n) is 5.92. The number of rotatable bonds is 2. The third-order valence-corrected chi connectivity index (χ3v) is 4.15. The van der Waals surface area contributed by atoms with Gasteiger partial charge in [0, 0.05) is 36.7 Å². The first-order valence-electron chi connectivity index (χ1n) is 6.93. The second-order valence-corrected chi connectivity index (χ2v) is 6.83. The monoisotopic (exact) mass is 321 g/mol. The van der Waals surface area contributed by atoms with Crippen molar-refractivity contribution in [3.63, 3.8) is 0 Å². The first-order valence-corrected chi connectivity index (χ1v) is 7.72. The summed E-state index contributed by atoms with van der Waals surface area (Å²) in [4.78, 5) is 7.36. The minimum absolute atomic E-state index is 0.717. The van der Waals surface area contributed by atoms with Crippen LogP contribution in [0.1, 0.15) is 30.8 Å². The second kappa shape index (κ2) is 4.91. The Balaban J connectivity index is 2.03. The molecule has 3 rings (SSSR count). The van der Waals surface area contributed by atoms with Gasteiger partial charge in [-0.25, -0.2) is 4.98 Å². The molecule has 0 aromatic carbocycles. The molecule has 0 fully saturated rings. The van der Waals surface area contributed by atoms with Crippen LogP contribution in [0.4, 0.5) is 0 Å². The number of hydrogen-bond donors (Lipinski definition) is 0. The van der Waals surface area contributed by atoms with Gasteiger partial charge in [-0.15, -0.1) is 0 Å². The normalized spacial score (nSPS) is 16.3. The number of aromatic nitrogens is 2. The molecule has 2 aromatic rings. The van der Waals surface area contributed by atoms with Gasteiger partial charge in [-0.05, 0) is 40.4 Å². The van der Waals surface area contributed by atoms with Gasteiger partial charge in [0.2, 0.25) is 0 Å². The summed E-state index contributed by atoms with van der Waals surface area (Å²) in [6.45, 7) is 10.0. The number of nitrogens with zero attached hydrogens (tertiary/aromatic N) is 3. The highest BCUT2D eigenvalue weighted by atomic mass is 79.9. The molecule has 3 heterocycles. The molecule has 0 N–H and O–H groups in total. The zero-order valence-corrected chi connectivity index (χ0v) is 13.4. The van der Waals surface area contributed by atoms with Crippen LogP contribution >= 0.6 is 15.9 Å². The predicted octanol–water partition coefficient (Wildman–Crippen LogP) is 3.42. The lowest BCUT2D eigenvalue weighted by atomic mass is 10.1. The van der Waals surface area contributed by atoms with E-state index in [9.17, 15) is 0 Å². The van der Waals surface area contributed by atoms with Crippen molar-refractivity contribution in [3.8, 4) is 0 Å². The van der Waals surface area contributed by atoms with Gasteiger partial charge in [0.25, 0.3) is 0 Å². The van der Waals surface area contributed by atoms with Gasteiger partial charge in [-0.1, -0.05) is 13.8 Å². The maximum atomic E-state index is 4.82. The Morgan fingerprint density at radius 3 is 2.95 bits per heavy atom. The number of aryl methyl sites for hydroxylation is 1. The maximum Gasteiger partial charge on any atom is 0.140 e. The molecule has 0 aliphatic carbocycles. The van der Waals surface area contributed by atoms with E-state index in [-0.39, 0.29) is 0 Å². The lowest BCUT2D eigenvalue weighted by Gasteiger charge is -2.27. The van der Waals surface area contributed by atoms with Gasteiger partial charge >= 0.3 is 0 Å². The van der Waals surface area contributed by atoms with Crippen LogP contribution in [0.2, 0.25) is 0 Å². The summed E-state index contributed by atoms with van der Waals surface area (Å²) >= 11 is 3.59. The summed E-state index contributed by atoms with van der Waals surface area (Å²) in [6.07, 6.45) is 3.22. The standard InChI is InChI=1S/C15H20BrN3/c1-10(2)7-18-5-4-13-14(9-18)19-8-12(16)6-11(3)15(19)17-13/h6,8,10H,4-5,7,9H2,1-3H3. The molecular formula is C15H20BrN3. The number of halogens is 1. The Morgan fingerprint density at radius 1 is 1.42 bits per heavy atom. The lowest BCUT2D eigenvalue weighted by molar-refractivity contribution is 0.222. The first kappa shape index (κ1) is 13.1. The summed E-state index contributed by atoms with van der Waals surface area (Å²) < 4.78 is 3.39. The SMILES string of the molecule is Cc1cc(Br)cn2c3c(nc12)CCN(CC(C)C)C3. The van der Waals surface area contributed by atoms with Crippen LogP contribution < -0.4 is 0 Å². The number of pyridine rings is 1. The van der Waals surface area contributed by atoms with Gasteiger partial charge in [-0.3, -0.25) is 4.90 Å². The first-order chi connectivity index (χ1) is 9.04. The molecule has 0 saturated carbocycles. The fourth-order valence-electron chi connectivity index (χ4n) is 2.96. The third-order valence-electron chi connectivity index (χ3n) is 3.71. The largest absolute Gasteiger partial charge is 0.301 e. The van der Waals surface area contributed by atoms with Crippen molar-refractivity contribution in [3.05, 3.63) is 33.7 Å². The van der Waals surface area contributed by atoms with E-state index in [0.29, 0.717) is 5.92 Å². The quantitative estimate of drug-likeness (QED) is 0.844. The fraction of sp³-hybridized carbons (Fsp3) is 0.533. The molecule has 0 atom stereocenters. The molecule has 1 aliphatic rings. The lowest BCUT2D eigenvalue weighted by Crippen LogP contribution is -2.33. The summed E-state index contributed by atoms with van der Waals surface area (Å²) in [5.74, 6) is 0.717. The highest BCUT2D eigenvalue weighted by molar-refractivity contribution is 9.10. The van der Waals surface area contributed by atoms with Gasteiger partial charge in [-0.2, -0.15) is 0 Å². The zero-order chi connectivity index (χ0) is 13.6. The van der Waals surface area contributed by atoms with Crippen molar-refractivity contribution >= 4 is 21.6 Å². The Kier molecular flexibility index (Phi) is 3.39. The molecule has 0 amide bonds. The van der Waals surface area contributed by atoms with Crippen LogP contribution in [0.15, 0.2) is 16.7 Å². The van der Waals surface area contributed by atoms with Crippen LogP contribution in [0, 0.1) is 12.8 Å². The molecule has 19 heavy (non-hydrogen) atoms. The minimum Gasteiger partial charge on any atom is -0.301 e. The van der Waals surface area contributed by atoms with Crippen LogP contribution in [-0.4, -0.2) is 27.4 Å². The predicted molar refractivity (Wildman–Crippen MR) is 81.4 cm³/mol. The third kappa shape index (κ3) is 2.43. The zero-order valence-electron chi connectivity index (χ0n) is 11.8. The molecule has 2 aromatic heterocycles. The maximum absolute atomic E-state index is 4.82. The average Bonchev–Trinajstić information content (AvgIpc) is 2.67. The van der Waals surface area contributed by atoms with Gasteiger partial charge < -0.3 is 4.40 Å². The molecule has 0 spiro atoms.